The van der Waals surface area contributed by atoms with Crippen molar-refractivity contribution < 1.29 is 0 Å². The van der Waals surface area contributed by atoms with E-state index in [1.807, 2.05) is 0 Å². The van der Waals surface area contributed by atoms with E-state index in [0.29, 0.717) is 0 Å². The second kappa shape index (κ2) is 3.75. The van der Waals surface area contributed by atoms with Gasteiger partial charge in [-0.1, -0.05) is 30.3 Å². The van der Waals surface area contributed by atoms with Crippen molar-refractivity contribution >= 4 is 5.57 Å². The molecular formula is C12H14N. The fourth-order valence-electron chi connectivity index (χ4n) is 1.75. The van der Waals surface area contributed by atoms with Crippen LogP contribution >= 0.6 is 0 Å². The van der Waals surface area contributed by atoms with Gasteiger partial charge in [0.05, 0.1) is 0 Å². The molecule has 1 heteroatoms. The molecule has 0 atom stereocenters. The summed E-state index contributed by atoms with van der Waals surface area (Å²) in [5, 5.41) is 4.31. The van der Waals surface area contributed by atoms with E-state index >= 15 is 0 Å². The van der Waals surface area contributed by atoms with Gasteiger partial charge in [-0.15, -0.1) is 0 Å². The van der Waals surface area contributed by atoms with E-state index in [1.165, 1.54) is 16.7 Å². The van der Waals surface area contributed by atoms with Crippen LogP contribution in [0.15, 0.2) is 30.3 Å². The molecule has 0 spiro atoms. The van der Waals surface area contributed by atoms with Gasteiger partial charge in [0, 0.05) is 13.1 Å². The van der Waals surface area contributed by atoms with Gasteiger partial charge in [-0.2, -0.15) is 0 Å². The van der Waals surface area contributed by atoms with Gasteiger partial charge in [0.1, 0.15) is 0 Å². The maximum Gasteiger partial charge on any atom is 0.0320 e. The van der Waals surface area contributed by atoms with Crippen LogP contribution < -0.4 is 5.32 Å². The van der Waals surface area contributed by atoms with Crippen LogP contribution in [-0.4, -0.2) is 13.1 Å². The van der Waals surface area contributed by atoms with Crippen LogP contribution in [0.25, 0.3) is 5.57 Å². The molecule has 0 N–H and O–H groups in total. The minimum absolute atomic E-state index is 0.893. The predicted molar refractivity (Wildman–Crippen MR) is 55.6 cm³/mol. The normalized spacial score (nSPS) is 16.8. The fourth-order valence-corrected chi connectivity index (χ4v) is 1.75. The zero-order valence-corrected chi connectivity index (χ0v) is 7.96. The van der Waals surface area contributed by atoms with Crippen LogP contribution in [0.2, 0.25) is 0 Å². The number of rotatable bonds is 1. The molecule has 67 valence electrons. The molecule has 1 aliphatic rings. The highest BCUT2D eigenvalue weighted by atomic mass is 14.8. The maximum absolute atomic E-state index is 4.31. The number of aryl methyl sites for hydroxylation is 1. The number of hydrogen-bond acceptors (Lipinski definition) is 0. The summed E-state index contributed by atoms with van der Waals surface area (Å²) in [6.07, 6.45) is 3.34. The second-order valence-corrected chi connectivity index (χ2v) is 3.42. The zero-order valence-electron chi connectivity index (χ0n) is 7.96. The van der Waals surface area contributed by atoms with E-state index in [9.17, 15) is 0 Å². The van der Waals surface area contributed by atoms with Gasteiger partial charge >= 0.3 is 0 Å². The molecule has 0 saturated heterocycles. The molecule has 13 heavy (non-hydrogen) atoms. The zero-order chi connectivity index (χ0) is 9.10. The first-order valence-electron chi connectivity index (χ1n) is 4.76. The Morgan fingerprint density at radius 1 is 1.23 bits per heavy atom. The largest absolute Gasteiger partial charge is 0.237 e. The van der Waals surface area contributed by atoms with Crippen LogP contribution in [0.1, 0.15) is 17.5 Å². The van der Waals surface area contributed by atoms with E-state index in [4.69, 9.17) is 0 Å². The quantitative estimate of drug-likeness (QED) is 0.617. The van der Waals surface area contributed by atoms with Crippen LogP contribution in [0.4, 0.5) is 0 Å². The first-order chi connectivity index (χ1) is 6.38. The summed E-state index contributed by atoms with van der Waals surface area (Å²) in [7, 11) is 0. The van der Waals surface area contributed by atoms with Crippen molar-refractivity contribution in [3.8, 4) is 0 Å². The Labute approximate surface area is 79.5 Å². The summed E-state index contributed by atoms with van der Waals surface area (Å²) >= 11 is 0. The molecule has 0 aliphatic carbocycles. The highest BCUT2D eigenvalue weighted by molar-refractivity contribution is 5.68. The summed E-state index contributed by atoms with van der Waals surface area (Å²) in [5.41, 5.74) is 4.24. The fraction of sp³-hybridized carbons (Fsp3) is 0.333. The topological polar surface area (TPSA) is 14.1 Å². The highest BCUT2D eigenvalue weighted by Gasteiger charge is 2.07. The summed E-state index contributed by atoms with van der Waals surface area (Å²) in [4.78, 5) is 0. The standard InChI is InChI=1S/C12H14N/c1-10-4-2-3-5-12(10)11-6-8-13-9-7-11/h2-6H,7-9H2,1H3. The molecule has 1 aromatic rings. The monoisotopic (exact) mass is 172 g/mol. The van der Waals surface area contributed by atoms with Gasteiger partial charge in [-0.05, 0) is 30.0 Å². The third-order valence-electron chi connectivity index (χ3n) is 2.50. The van der Waals surface area contributed by atoms with E-state index in [1.54, 1.807) is 0 Å². The minimum atomic E-state index is 0.893. The third-order valence-corrected chi connectivity index (χ3v) is 2.50. The molecule has 1 heterocycles. The van der Waals surface area contributed by atoms with Crippen molar-refractivity contribution in [1.82, 2.24) is 5.32 Å². The average Bonchev–Trinajstić information content (AvgIpc) is 2.20. The first-order valence-corrected chi connectivity index (χ1v) is 4.76. The Bertz CT molecular complexity index is 326. The summed E-state index contributed by atoms with van der Waals surface area (Å²) < 4.78 is 0. The summed E-state index contributed by atoms with van der Waals surface area (Å²) in [6.45, 7) is 4.05. The second-order valence-electron chi connectivity index (χ2n) is 3.42. The lowest BCUT2D eigenvalue weighted by molar-refractivity contribution is 0.723. The van der Waals surface area contributed by atoms with Crippen LogP contribution in [0.5, 0.6) is 0 Å². The van der Waals surface area contributed by atoms with E-state index < -0.39 is 0 Å². The first kappa shape index (κ1) is 8.52. The molecule has 1 aliphatic heterocycles. The van der Waals surface area contributed by atoms with Crippen molar-refractivity contribution in [2.24, 2.45) is 0 Å². The maximum atomic E-state index is 4.31. The molecule has 0 aromatic heterocycles. The number of hydrogen-bond donors (Lipinski definition) is 0. The van der Waals surface area contributed by atoms with Crippen molar-refractivity contribution in [3.63, 3.8) is 0 Å². The van der Waals surface area contributed by atoms with Crippen molar-refractivity contribution in [1.29, 1.82) is 0 Å². The average molecular weight is 172 g/mol. The molecule has 2 rings (SSSR count). The molecular weight excluding hydrogens is 158 g/mol. The Kier molecular flexibility index (Phi) is 2.46. The van der Waals surface area contributed by atoms with Gasteiger partial charge < -0.3 is 0 Å². The van der Waals surface area contributed by atoms with E-state index in [2.05, 4.69) is 42.6 Å². The summed E-state index contributed by atoms with van der Waals surface area (Å²) in [5.74, 6) is 0. The van der Waals surface area contributed by atoms with Crippen LogP contribution in [0, 0.1) is 6.92 Å². The lowest BCUT2D eigenvalue weighted by Gasteiger charge is -2.14. The SMILES string of the molecule is Cc1ccccc1C1=CC[N]CC1. The van der Waals surface area contributed by atoms with Gasteiger partial charge in [0.2, 0.25) is 0 Å². The Hall–Kier alpha value is -1.08. The number of nitrogens with zero attached hydrogens (tertiary/aromatic N) is 1. The van der Waals surface area contributed by atoms with Gasteiger partial charge in [0.15, 0.2) is 0 Å². The highest BCUT2D eigenvalue weighted by Crippen LogP contribution is 2.22. The molecule has 1 nitrogen and oxygen atoms in total. The van der Waals surface area contributed by atoms with Crippen molar-refractivity contribution in [2.75, 3.05) is 13.1 Å². The molecule has 0 saturated carbocycles. The Morgan fingerprint density at radius 2 is 2.08 bits per heavy atom. The Balaban J connectivity index is 2.34. The van der Waals surface area contributed by atoms with E-state index in [0.717, 1.165) is 19.5 Å². The predicted octanol–water partition coefficient (Wildman–Crippen LogP) is 2.39. The molecule has 0 bridgehead atoms. The minimum Gasteiger partial charge on any atom is -0.237 e. The summed E-state index contributed by atoms with van der Waals surface area (Å²) in [6, 6.07) is 8.57. The third kappa shape index (κ3) is 1.81. The molecule has 1 aromatic carbocycles. The van der Waals surface area contributed by atoms with Gasteiger partial charge in [-0.25, -0.2) is 5.32 Å². The van der Waals surface area contributed by atoms with Gasteiger partial charge in [-0.3, -0.25) is 0 Å². The molecule has 0 unspecified atom stereocenters. The molecule has 1 radical (unpaired) electrons. The smallest absolute Gasteiger partial charge is 0.0320 e. The Morgan fingerprint density at radius 3 is 2.77 bits per heavy atom. The van der Waals surface area contributed by atoms with Crippen LogP contribution in [0.3, 0.4) is 0 Å². The van der Waals surface area contributed by atoms with Crippen molar-refractivity contribution in [3.05, 3.63) is 41.5 Å². The lowest BCUT2D eigenvalue weighted by atomic mass is 9.96. The van der Waals surface area contributed by atoms with Gasteiger partial charge in [0.25, 0.3) is 0 Å². The van der Waals surface area contributed by atoms with Crippen LogP contribution in [-0.2, 0) is 0 Å². The number of benzene rings is 1. The molecule has 0 amide bonds. The van der Waals surface area contributed by atoms with Crippen molar-refractivity contribution in [2.45, 2.75) is 13.3 Å². The van der Waals surface area contributed by atoms with E-state index in [-0.39, 0.29) is 0 Å². The lowest BCUT2D eigenvalue weighted by Crippen LogP contribution is -2.13. The molecule has 0 fully saturated rings.